The average molecular weight is 315 g/mol. The number of carbonyl (C=O) groups is 1. The fourth-order valence-corrected chi connectivity index (χ4v) is 2.69. The Hall–Kier alpha value is -1.76. The molecule has 1 aliphatic heterocycles. The van der Waals surface area contributed by atoms with E-state index < -0.39 is 17.6 Å². The number of nitrogens with one attached hydrogen (secondary N) is 1. The Balaban J connectivity index is 1.96. The van der Waals surface area contributed by atoms with E-state index in [0.717, 1.165) is 31.5 Å². The summed E-state index contributed by atoms with van der Waals surface area (Å²) in [6.45, 7) is 4.22. The number of anilines is 1. The molecule has 1 fully saturated rings. The third-order valence-electron chi connectivity index (χ3n) is 3.92. The maximum atomic E-state index is 12.7. The number of nitrogens with zero attached hydrogens (tertiary/aromatic N) is 1. The summed E-state index contributed by atoms with van der Waals surface area (Å²) in [5.41, 5.74) is 4.40. The van der Waals surface area contributed by atoms with Crippen LogP contribution in [-0.4, -0.2) is 36.5 Å². The molecular weight excluding hydrogens is 295 g/mol. The fraction of sp³-hybridized carbons (Fsp3) is 0.533. The number of likely N-dealkylation sites (tertiary alicyclic amines) is 1. The van der Waals surface area contributed by atoms with Gasteiger partial charge in [0.05, 0.1) is 5.56 Å². The molecule has 0 unspecified atom stereocenters. The van der Waals surface area contributed by atoms with Crippen LogP contribution in [0.2, 0.25) is 0 Å². The van der Waals surface area contributed by atoms with Gasteiger partial charge in [-0.2, -0.15) is 13.2 Å². The van der Waals surface area contributed by atoms with Crippen LogP contribution in [0.25, 0.3) is 0 Å². The van der Waals surface area contributed by atoms with E-state index in [1.807, 2.05) is 0 Å². The van der Waals surface area contributed by atoms with Gasteiger partial charge in [0, 0.05) is 30.4 Å². The summed E-state index contributed by atoms with van der Waals surface area (Å²) in [7, 11) is 0. The van der Waals surface area contributed by atoms with Crippen molar-refractivity contribution in [2.45, 2.75) is 32.0 Å². The molecule has 0 aromatic heterocycles. The van der Waals surface area contributed by atoms with E-state index in [1.54, 1.807) is 0 Å². The van der Waals surface area contributed by atoms with Crippen molar-refractivity contribution in [3.8, 4) is 0 Å². The van der Waals surface area contributed by atoms with Crippen LogP contribution in [0.4, 0.5) is 18.9 Å². The van der Waals surface area contributed by atoms with Crippen molar-refractivity contribution in [1.29, 1.82) is 0 Å². The lowest BCUT2D eigenvalue weighted by atomic mass is 10.1. The molecule has 1 aromatic carbocycles. The molecule has 122 valence electrons. The molecule has 1 aromatic rings. The van der Waals surface area contributed by atoms with Gasteiger partial charge >= 0.3 is 6.18 Å². The maximum absolute atomic E-state index is 12.7. The first-order valence-corrected chi connectivity index (χ1v) is 7.27. The predicted octanol–water partition coefficient (Wildman–Crippen LogP) is 2.50. The molecule has 0 radical (unpaired) electrons. The molecule has 22 heavy (non-hydrogen) atoms. The summed E-state index contributed by atoms with van der Waals surface area (Å²) in [5.74, 6) is -0.537. The Morgan fingerprint density at radius 1 is 1.41 bits per heavy atom. The standard InChI is InChI=1S/C15H20F3N3O/c1-10-3-2-5-21(10)6-4-20-14(22)11-7-12(15(16,17)18)9-13(19)8-11/h7-10H,2-6,19H2,1H3,(H,20,22)/t10-/m0/s1. The normalized spacial score (nSPS) is 19.4. The topological polar surface area (TPSA) is 58.4 Å². The number of hydrogen-bond donors (Lipinski definition) is 2. The van der Waals surface area contributed by atoms with Crippen LogP contribution in [0.1, 0.15) is 35.7 Å². The summed E-state index contributed by atoms with van der Waals surface area (Å²) in [6.07, 6.45) is -2.24. The second-order valence-corrected chi connectivity index (χ2v) is 5.62. The molecule has 0 spiro atoms. The molecule has 4 nitrogen and oxygen atoms in total. The zero-order valence-electron chi connectivity index (χ0n) is 12.4. The molecular formula is C15H20F3N3O. The van der Waals surface area contributed by atoms with Gasteiger partial charge in [-0.3, -0.25) is 9.69 Å². The first kappa shape index (κ1) is 16.6. The Morgan fingerprint density at radius 3 is 2.73 bits per heavy atom. The first-order valence-electron chi connectivity index (χ1n) is 7.27. The van der Waals surface area contributed by atoms with Crippen LogP contribution in [-0.2, 0) is 6.18 Å². The lowest BCUT2D eigenvalue weighted by Crippen LogP contribution is -2.36. The SMILES string of the molecule is C[C@H]1CCCN1CCNC(=O)c1cc(N)cc(C(F)(F)F)c1. The zero-order chi connectivity index (χ0) is 16.3. The van der Waals surface area contributed by atoms with Crippen molar-refractivity contribution in [3.05, 3.63) is 29.3 Å². The molecule has 1 aliphatic rings. The smallest absolute Gasteiger partial charge is 0.399 e. The van der Waals surface area contributed by atoms with Gasteiger partial charge in [0.2, 0.25) is 0 Å². The minimum absolute atomic E-state index is 0.0678. The van der Waals surface area contributed by atoms with Gasteiger partial charge in [-0.05, 0) is 44.5 Å². The van der Waals surface area contributed by atoms with Gasteiger partial charge in [0.15, 0.2) is 0 Å². The maximum Gasteiger partial charge on any atom is 0.416 e. The van der Waals surface area contributed by atoms with Gasteiger partial charge < -0.3 is 11.1 Å². The van der Waals surface area contributed by atoms with E-state index in [0.29, 0.717) is 19.1 Å². The van der Waals surface area contributed by atoms with Crippen LogP contribution < -0.4 is 11.1 Å². The third kappa shape index (κ3) is 4.13. The van der Waals surface area contributed by atoms with Gasteiger partial charge in [-0.1, -0.05) is 0 Å². The minimum atomic E-state index is -4.52. The number of amides is 1. The van der Waals surface area contributed by atoms with E-state index in [2.05, 4.69) is 17.1 Å². The molecule has 1 heterocycles. The van der Waals surface area contributed by atoms with Gasteiger partial charge in [0.1, 0.15) is 0 Å². The van der Waals surface area contributed by atoms with Crippen LogP contribution in [0.5, 0.6) is 0 Å². The van der Waals surface area contributed by atoms with Crippen LogP contribution in [0.3, 0.4) is 0 Å². The van der Waals surface area contributed by atoms with Crippen LogP contribution >= 0.6 is 0 Å². The van der Waals surface area contributed by atoms with Crippen molar-refractivity contribution in [2.75, 3.05) is 25.4 Å². The average Bonchev–Trinajstić information content (AvgIpc) is 2.82. The summed E-state index contributed by atoms with van der Waals surface area (Å²) in [6, 6.07) is 3.39. The van der Waals surface area contributed by atoms with Crippen molar-refractivity contribution in [1.82, 2.24) is 10.2 Å². The summed E-state index contributed by atoms with van der Waals surface area (Å²) in [4.78, 5) is 14.2. The monoisotopic (exact) mass is 315 g/mol. The van der Waals surface area contributed by atoms with E-state index in [9.17, 15) is 18.0 Å². The van der Waals surface area contributed by atoms with E-state index >= 15 is 0 Å². The first-order chi connectivity index (χ1) is 10.3. The molecule has 3 N–H and O–H groups in total. The molecule has 0 saturated carbocycles. The minimum Gasteiger partial charge on any atom is -0.399 e. The highest BCUT2D eigenvalue weighted by Gasteiger charge is 2.31. The van der Waals surface area contributed by atoms with E-state index in [4.69, 9.17) is 5.73 Å². The van der Waals surface area contributed by atoms with E-state index in [1.165, 1.54) is 6.07 Å². The van der Waals surface area contributed by atoms with Crippen molar-refractivity contribution in [2.24, 2.45) is 0 Å². The van der Waals surface area contributed by atoms with Gasteiger partial charge in [0.25, 0.3) is 5.91 Å². The van der Waals surface area contributed by atoms with Crippen LogP contribution in [0, 0.1) is 0 Å². The Kier molecular flexibility index (Phi) is 4.95. The molecule has 1 saturated heterocycles. The highest BCUT2D eigenvalue weighted by atomic mass is 19.4. The second kappa shape index (κ2) is 6.56. The van der Waals surface area contributed by atoms with Crippen molar-refractivity contribution in [3.63, 3.8) is 0 Å². The van der Waals surface area contributed by atoms with Crippen molar-refractivity contribution >= 4 is 11.6 Å². The Labute approximate surface area is 127 Å². The number of rotatable bonds is 4. The molecule has 0 aliphatic carbocycles. The number of hydrogen-bond acceptors (Lipinski definition) is 3. The number of nitrogens with two attached hydrogens (primary N) is 1. The van der Waals surface area contributed by atoms with E-state index in [-0.39, 0.29) is 11.3 Å². The number of alkyl halides is 3. The molecule has 0 bridgehead atoms. The fourth-order valence-electron chi connectivity index (χ4n) is 2.69. The highest BCUT2D eigenvalue weighted by Crippen LogP contribution is 2.31. The molecule has 1 amide bonds. The second-order valence-electron chi connectivity index (χ2n) is 5.62. The van der Waals surface area contributed by atoms with Gasteiger partial charge in [-0.25, -0.2) is 0 Å². The number of carbonyl (C=O) groups excluding carboxylic acids is 1. The Bertz CT molecular complexity index is 545. The number of halogens is 3. The zero-order valence-corrected chi connectivity index (χ0v) is 12.4. The lowest BCUT2D eigenvalue weighted by molar-refractivity contribution is -0.137. The van der Waals surface area contributed by atoms with Crippen molar-refractivity contribution < 1.29 is 18.0 Å². The Morgan fingerprint density at radius 2 is 2.14 bits per heavy atom. The summed E-state index contributed by atoms with van der Waals surface area (Å²) >= 11 is 0. The van der Waals surface area contributed by atoms with Crippen LogP contribution in [0.15, 0.2) is 18.2 Å². The largest absolute Gasteiger partial charge is 0.416 e. The lowest BCUT2D eigenvalue weighted by Gasteiger charge is -2.20. The highest BCUT2D eigenvalue weighted by molar-refractivity contribution is 5.95. The predicted molar refractivity (Wildman–Crippen MR) is 78.5 cm³/mol. The summed E-state index contributed by atoms with van der Waals surface area (Å²) in [5, 5.41) is 2.65. The van der Waals surface area contributed by atoms with Gasteiger partial charge in [-0.15, -0.1) is 0 Å². The molecule has 2 rings (SSSR count). The molecule has 1 atom stereocenters. The number of benzene rings is 1. The quantitative estimate of drug-likeness (QED) is 0.839. The summed E-state index contributed by atoms with van der Waals surface area (Å²) < 4.78 is 38.2. The third-order valence-corrected chi connectivity index (χ3v) is 3.92. The molecule has 7 heteroatoms. The number of nitrogen functional groups attached to an aromatic ring is 1.